The molecule has 1 heterocycles. The Morgan fingerprint density at radius 1 is 0.786 bits per heavy atom. The number of rotatable bonds is 5. The van der Waals surface area contributed by atoms with E-state index >= 15 is 0 Å². The second-order valence-corrected chi connectivity index (χ2v) is 7.49. The molecule has 2 nitrogen and oxygen atoms in total. The summed E-state index contributed by atoms with van der Waals surface area (Å²) >= 11 is 5.81. The zero-order chi connectivity index (χ0) is 20.1. The van der Waals surface area contributed by atoms with Crippen molar-refractivity contribution in [1.82, 2.24) is 9.88 Å². The van der Waals surface area contributed by atoms with E-state index in [1.165, 1.54) is 0 Å². The van der Waals surface area contributed by atoms with Crippen LogP contribution in [0.15, 0.2) is 65.6 Å². The summed E-state index contributed by atoms with van der Waals surface area (Å²) < 4.78 is 54.8. The van der Waals surface area contributed by atoms with Crippen LogP contribution in [0.5, 0.6) is 0 Å². The fraction of sp³-hybridized carbons (Fsp3) is 0.100. The van der Waals surface area contributed by atoms with Crippen LogP contribution in [-0.4, -0.2) is 14.2 Å². The van der Waals surface area contributed by atoms with Gasteiger partial charge in [0, 0.05) is 13.1 Å². The zero-order valence-corrected chi connectivity index (χ0v) is 16.0. The molecule has 0 aliphatic heterocycles. The van der Waals surface area contributed by atoms with E-state index < -0.39 is 28.4 Å². The van der Waals surface area contributed by atoms with Crippen molar-refractivity contribution in [2.75, 3.05) is 0 Å². The van der Waals surface area contributed by atoms with Gasteiger partial charge in [0.2, 0.25) is 0 Å². The summed E-state index contributed by atoms with van der Waals surface area (Å²) in [6, 6.07) is 18.7. The molecule has 0 N–H and O–H groups in total. The topological polar surface area (TPSA) is 16.1 Å². The van der Waals surface area contributed by atoms with E-state index in [0.717, 1.165) is 11.1 Å². The Balaban J connectivity index is 1.88. The monoisotopic (exact) mass is 422 g/mol. The second kappa shape index (κ2) is 9.16. The summed E-state index contributed by atoms with van der Waals surface area (Å²) in [6.07, 6.45) is 0. The predicted molar refractivity (Wildman–Crippen MR) is 105 cm³/mol. The maximum Gasteiger partial charge on any atom is 0.252 e. The summed E-state index contributed by atoms with van der Waals surface area (Å²) in [5.41, 5.74) is 1.85. The van der Waals surface area contributed by atoms with Crippen molar-refractivity contribution in [3.63, 3.8) is 0 Å². The van der Waals surface area contributed by atoms with Gasteiger partial charge >= 0.3 is 0 Å². The highest BCUT2D eigenvalue weighted by Gasteiger charge is 2.24. The Labute approximate surface area is 169 Å². The van der Waals surface area contributed by atoms with Gasteiger partial charge in [-0.25, -0.2) is 8.78 Å². The number of hydrogen-bond acceptors (Lipinski definition) is 3. The lowest BCUT2D eigenvalue weighted by atomic mass is 10.2. The van der Waals surface area contributed by atoms with Gasteiger partial charge < -0.3 is 4.90 Å². The Morgan fingerprint density at radius 3 is 1.64 bits per heavy atom. The molecule has 1 aromatic heterocycles. The molecule has 0 fully saturated rings. The molecule has 0 radical (unpaired) electrons. The Hall–Kier alpha value is -2.45. The first-order chi connectivity index (χ1) is 13.5. The van der Waals surface area contributed by atoms with E-state index in [1.54, 1.807) is 4.90 Å². The second-order valence-electron chi connectivity index (χ2n) is 5.85. The number of aromatic nitrogens is 1. The molecule has 0 bridgehead atoms. The SMILES string of the molecule is Fc1nc(F)c(F)c(SC(=S)N(Cc2ccccc2)Cc2ccccc2)c1F. The quantitative estimate of drug-likeness (QED) is 0.226. The molecule has 0 atom stereocenters. The third kappa shape index (κ3) is 4.88. The van der Waals surface area contributed by atoms with Crippen LogP contribution < -0.4 is 0 Å². The van der Waals surface area contributed by atoms with Crippen molar-refractivity contribution in [2.45, 2.75) is 18.0 Å². The van der Waals surface area contributed by atoms with E-state index in [2.05, 4.69) is 4.98 Å². The van der Waals surface area contributed by atoms with Crippen molar-refractivity contribution in [3.05, 3.63) is 95.3 Å². The van der Waals surface area contributed by atoms with Crippen LogP contribution in [0.25, 0.3) is 0 Å². The molecule has 8 heteroatoms. The first-order valence-electron chi connectivity index (χ1n) is 8.20. The van der Waals surface area contributed by atoms with E-state index in [1.807, 2.05) is 60.7 Å². The Morgan fingerprint density at radius 2 is 1.21 bits per heavy atom. The predicted octanol–water partition coefficient (Wildman–Crippen LogP) is 5.72. The van der Waals surface area contributed by atoms with Crippen LogP contribution in [0.2, 0.25) is 0 Å². The zero-order valence-electron chi connectivity index (χ0n) is 14.4. The number of pyridine rings is 1. The number of benzene rings is 2. The van der Waals surface area contributed by atoms with E-state index in [9.17, 15) is 17.6 Å². The summed E-state index contributed by atoms with van der Waals surface area (Å²) in [6.45, 7) is 0.724. The highest BCUT2D eigenvalue weighted by molar-refractivity contribution is 8.22. The van der Waals surface area contributed by atoms with Gasteiger partial charge in [0.15, 0.2) is 11.6 Å². The van der Waals surface area contributed by atoms with E-state index in [-0.39, 0.29) is 4.32 Å². The molecule has 28 heavy (non-hydrogen) atoms. The molecule has 0 aliphatic carbocycles. The fourth-order valence-electron chi connectivity index (χ4n) is 2.50. The van der Waals surface area contributed by atoms with Crippen molar-refractivity contribution in [1.29, 1.82) is 0 Å². The molecular weight excluding hydrogens is 408 g/mol. The minimum absolute atomic E-state index is 0.0792. The van der Waals surface area contributed by atoms with Crippen molar-refractivity contribution in [3.8, 4) is 0 Å². The Kier molecular flexibility index (Phi) is 6.64. The van der Waals surface area contributed by atoms with E-state index in [0.29, 0.717) is 24.9 Å². The molecule has 0 saturated carbocycles. The van der Waals surface area contributed by atoms with Gasteiger partial charge in [-0.2, -0.15) is 13.8 Å². The molecule has 3 rings (SSSR count). The first-order valence-corrected chi connectivity index (χ1v) is 9.42. The average Bonchev–Trinajstić information content (AvgIpc) is 2.70. The third-order valence-corrected chi connectivity index (χ3v) is 5.34. The van der Waals surface area contributed by atoms with Gasteiger partial charge in [0.25, 0.3) is 11.9 Å². The number of hydrogen-bond donors (Lipinski definition) is 0. The Bertz CT molecular complexity index is 901. The molecule has 3 aromatic rings. The maximum absolute atomic E-state index is 14.0. The van der Waals surface area contributed by atoms with Crippen LogP contribution in [0.3, 0.4) is 0 Å². The summed E-state index contributed by atoms with van der Waals surface area (Å²) in [5.74, 6) is -6.54. The normalized spacial score (nSPS) is 10.7. The van der Waals surface area contributed by atoms with Crippen molar-refractivity contribution in [2.24, 2.45) is 0 Å². The molecule has 0 amide bonds. The highest BCUT2D eigenvalue weighted by Crippen LogP contribution is 2.30. The lowest BCUT2D eigenvalue weighted by molar-refractivity contribution is 0.383. The van der Waals surface area contributed by atoms with Gasteiger partial charge in [-0.15, -0.1) is 0 Å². The van der Waals surface area contributed by atoms with Gasteiger partial charge in [0.05, 0.1) is 4.90 Å². The van der Waals surface area contributed by atoms with Crippen molar-refractivity contribution >= 4 is 28.3 Å². The van der Waals surface area contributed by atoms with Crippen LogP contribution in [-0.2, 0) is 13.1 Å². The number of nitrogens with zero attached hydrogens (tertiary/aromatic N) is 2. The fourth-order valence-corrected chi connectivity index (χ4v) is 3.66. The minimum Gasteiger partial charge on any atom is -0.349 e. The van der Waals surface area contributed by atoms with Crippen LogP contribution in [0.1, 0.15) is 11.1 Å². The highest BCUT2D eigenvalue weighted by atomic mass is 32.2. The summed E-state index contributed by atoms with van der Waals surface area (Å²) in [7, 11) is 0. The van der Waals surface area contributed by atoms with E-state index in [4.69, 9.17) is 12.2 Å². The summed E-state index contributed by atoms with van der Waals surface area (Å²) in [5, 5.41) is 0. The molecule has 0 saturated heterocycles. The lowest BCUT2D eigenvalue weighted by Gasteiger charge is -2.25. The number of thioether (sulfide) groups is 1. The molecular formula is C20H14F4N2S2. The number of thiocarbonyl (C=S) groups is 1. The van der Waals surface area contributed by atoms with Gasteiger partial charge in [-0.1, -0.05) is 84.6 Å². The molecule has 144 valence electrons. The third-order valence-electron chi connectivity index (χ3n) is 3.84. The van der Waals surface area contributed by atoms with Gasteiger partial charge in [0.1, 0.15) is 4.32 Å². The van der Waals surface area contributed by atoms with Gasteiger partial charge in [-0.3, -0.25) is 0 Å². The standard InChI is InChI=1S/C20H14F4N2S2/c21-15-17(16(22)19(24)25-18(15)23)28-20(27)26(11-13-7-3-1-4-8-13)12-14-9-5-2-6-10-14/h1-10H,11-12H2. The van der Waals surface area contributed by atoms with Crippen molar-refractivity contribution < 1.29 is 17.6 Å². The van der Waals surface area contributed by atoms with Gasteiger partial charge in [-0.05, 0) is 11.1 Å². The summed E-state index contributed by atoms with van der Waals surface area (Å²) in [4.78, 5) is 3.43. The minimum atomic E-state index is -1.71. The van der Waals surface area contributed by atoms with Crippen LogP contribution in [0.4, 0.5) is 17.6 Å². The first kappa shape index (κ1) is 20.3. The average molecular weight is 422 g/mol. The molecule has 0 unspecified atom stereocenters. The molecule has 0 aliphatic rings. The maximum atomic E-state index is 14.0. The van der Waals surface area contributed by atoms with Crippen LogP contribution >= 0.6 is 24.0 Å². The largest absolute Gasteiger partial charge is 0.349 e. The lowest BCUT2D eigenvalue weighted by Crippen LogP contribution is -2.26. The molecule has 2 aromatic carbocycles. The number of halogens is 4. The van der Waals surface area contributed by atoms with Crippen LogP contribution in [0, 0.1) is 23.5 Å². The smallest absolute Gasteiger partial charge is 0.252 e. The molecule has 0 spiro atoms.